The molecule has 0 amide bonds. The van der Waals surface area contributed by atoms with Gasteiger partial charge in [-0.15, -0.1) is 0 Å². The van der Waals surface area contributed by atoms with E-state index in [-0.39, 0.29) is 0 Å². The molecular weight excluding hydrogens is 238 g/mol. The summed E-state index contributed by atoms with van der Waals surface area (Å²) in [5.74, 6) is -0.991. The molecule has 0 spiro atoms. The summed E-state index contributed by atoms with van der Waals surface area (Å²) in [5, 5.41) is 9.44. The van der Waals surface area contributed by atoms with Crippen LogP contribution >= 0.6 is 0 Å². The SMILES string of the molecule is N[C@](CCc1ccccc1)(C(=O)O)c1ccccc1. The van der Waals surface area contributed by atoms with Gasteiger partial charge in [-0.25, -0.2) is 4.79 Å². The third kappa shape index (κ3) is 3.01. The van der Waals surface area contributed by atoms with Crippen molar-refractivity contribution in [2.45, 2.75) is 18.4 Å². The van der Waals surface area contributed by atoms with Gasteiger partial charge >= 0.3 is 5.97 Å². The van der Waals surface area contributed by atoms with Gasteiger partial charge in [-0.2, -0.15) is 0 Å². The maximum absolute atomic E-state index is 11.5. The van der Waals surface area contributed by atoms with Crippen LogP contribution in [-0.4, -0.2) is 11.1 Å². The van der Waals surface area contributed by atoms with Crippen LogP contribution in [0.4, 0.5) is 0 Å². The summed E-state index contributed by atoms with van der Waals surface area (Å²) >= 11 is 0. The van der Waals surface area contributed by atoms with Crippen molar-refractivity contribution >= 4 is 5.97 Å². The summed E-state index contributed by atoms with van der Waals surface area (Å²) < 4.78 is 0. The Balaban J connectivity index is 2.19. The number of hydrogen-bond donors (Lipinski definition) is 2. The van der Waals surface area contributed by atoms with E-state index in [1.54, 1.807) is 12.1 Å². The number of carboxylic acid groups (broad SMARTS) is 1. The zero-order chi connectivity index (χ0) is 13.7. The van der Waals surface area contributed by atoms with Gasteiger partial charge in [-0.3, -0.25) is 0 Å². The Morgan fingerprint density at radius 1 is 1.00 bits per heavy atom. The van der Waals surface area contributed by atoms with E-state index in [1.807, 2.05) is 48.5 Å². The molecule has 0 aliphatic carbocycles. The molecule has 98 valence electrons. The second-order valence-corrected chi connectivity index (χ2v) is 4.63. The zero-order valence-corrected chi connectivity index (χ0v) is 10.6. The van der Waals surface area contributed by atoms with E-state index in [1.165, 1.54) is 0 Å². The fourth-order valence-corrected chi connectivity index (χ4v) is 2.10. The quantitative estimate of drug-likeness (QED) is 0.863. The lowest BCUT2D eigenvalue weighted by Gasteiger charge is -2.25. The molecule has 0 aliphatic heterocycles. The summed E-state index contributed by atoms with van der Waals surface area (Å²) in [6.07, 6.45) is 1.01. The molecule has 0 unspecified atom stereocenters. The molecule has 3 heteroatoms. The van der Waals surface area contributed by atoms with Gasteiger partial charge in [0.25, 0.3) is 0 Å². The number of carboxylic acids is 1. The van der Waals surface area contributed by atoms with Gasteiger partial charge in [0.2, 0.25) is 0 Å². The molecule has 0 saturated heterocycles. The highest BCUT2D eigenvalue weighted by atomic mass is 16.4. The highest BCUT2D eigenvalue weighted by Gasteiger charge is 2.35. The molecule has 0 fully saturated rings. The summed E-state index contributed by atoms with van der Waals surface area (Å²) in [6, 6.07) is 18.8. The van der Waals surface area contributed by atoms with Crippen LogP contribution < -0.4 is 5.73 Å². The minimum absolute atomic E-state index is 0.371. The Kier molecular flexibility index (Phi) is 3.97. The molecule has 0 heterocycles. The molecular formula is C16H17NO2. The Bertz CT molecular complexity index is 539. The fraction of sp³-hybridized carbons (Fsp3) is 0.188. The Hall–Kier alpha value is -2.13. The largest absolute Gasteiger partial charge is 0.480 e. The lowest BCUT2D eigenvalue weighted by molar-refractivity contribution is -0.144. The van der Waals surface area contributed by atoms with Crippen LogP contribution in [0.15, 0.2) is 60.7 Å². The van der Waals surface area contributed by atoms with Crippen LogP contribution in [-0.2, 0) is 16.8 Å². The summed E-state index contributed by atoms with van der Waals surface area (Å²) in [5.41, 5.74) is 6.50. The zero-order valence-electron chi connectivity index (χ0n) is 10.6. The number of rotatable bonds is 5. The van der Waals surface area contributed by atoms with Crippen LogP contribution in [0.2, 0.25) is 0 Å². The van der Waals surface area contributed by atoms with Crippen molar-refractivity contribution in [1.29, 1.82) is 0 Å². The highest BCUT2D eigenvalue weighted by molar-refractivity contribution is 5.80. The molecule has 2 aromatic rings. The molecule has 3 N–H and O–H groups in total. The fourth-order valence-electron chi connectivity index (χ4n) is 2.10. The molecule has 1 atom stereocenters. The molecule has 0 saturated carbocycles. The smallest absolute Gasteiger partial charge is 0.328 e. The molecule has 2 rings (SSSR count). The molecule has 19 heavy (non-hydrogen) atoms. The van der Waals surface area contributed by atoms with E-state index in [9.17, 15) is 9.90 Å². The van der Waals surface area contributed by atoms with Crippen molar-refractivity contribution in [3.63, 3.8) is 0 Å². The van der Waals surface area contributed by atoms with Crippen molar-refractivity contribution < 1.29 is 9.90 Å². The minimum atomic E-state index is -1.34. The summed E-state index contributed by atoms with van der Waals surface area (Å²) in [4.78, 5) is 11.5. The number of carbonyl (C=O) groups is 1. The monoisotopic (exact) mass is 255 g/mol. The topological polar surface area (TPSA) is 63.3 Å². The normalized spacial score (nSPS) is 13.7. The van der Waals surface area contributed by atoms with Gasteiger partial charge in [0.05, 0.1) is 0 Å². The van der Waals surface area contributed by atoms with Gasteiger partial charge in [0, 0.05) is 0 Å². The number of aliphatic carboxylic acids is 1. The molecule has 2 aromatic carbocycles. The van der Waals surface area contributed by atoms with Crippen LogP contribution in [0.5, 0.6) is 0 Å². The predicted molar refractivity (Wildman–Crippen MR) is 74.7 cm³/mol. The van der Waals surface area contributed by atoms with Crippen molar-refractivity contribution in [3.8, 4) is 0 Å². The average Bonchev–Trinajstić information content (AvgIpc) is 2.46. The molecule has 0 aromatic heterocycles. The van der Waals surface area contributed by atoms with Crippen LogP contribution in [0.25, 0.3) is 0 Å². The van der Waals surface area contributed by atoms with Crippen LogP contribution in [0.3, 0.4) is 0 Å². The van der Waals surface area contributed by atoms with Gasteiger partial charge in [0.1, 0.15) is 5.54 Å². The number of nitrogens with two attached hydrogens (primary N) is 1. The van der Waals surface area contributed by atoms with E-state index < -0.39 is 11.5 Å². The Morgan fingerprint density at radius 2 is 1.53 bits per heavy atom. The Labute approximate surface area is 112 Å². The third-order valence-corrected chi connectivity index (χ3v) is 3.32. The first-order valence-electron chi connectivity index (χ1n) is 6.24. The van der Waals surface area contributed by atoms with Gasteiger partial charge in [0.15, 0.2) is 0 Å². The lowest BCUT2D eigenvalue weighted by Crippen LogP contribution is -2.45. The van der Waals surface area contributed by atoms with E-state index >= 15 is 0 Å². The summed E-state index contributed by atoms with van der Waals surface area (Å²) in [6.45, 7) is 0. The summed E-state index contributed by atoms with van der Waals surface area (Å²) in [7, 11) is 0. The maximum Gasteiger partial charge on any atom is 0.328 e. The second kappa shape index (κ2) is 5.67. The van der Waals surface area contributed by atoms with Crippen LogP contribution in [0, 0.1) is 0 Å². The van der Waals surface area contributed by atoms with E-state index in [4.69, 9.17) is 5.73 Å². The van der Waals surface area contributed by atoms with Crippen LogP contribution in [0.1, 0.15) is 17.5 Å². The maximum atomic E-state index is 11.5. The molecule has 0 aliphatic rings. The number of benzene rings is 2. The van der Waals surface area contributed by atoms with Gasteiger partial charge in [-0.05, 0) is 24.0 Å². The Morgan fingerprint density at radius 3 is 2.05 bits per heavy atom. The van der Waals surface area contributed by atoms with Crippen molar-refractivity contribution in [3.05, 3.63) is 71.8 Å². The first-order valence-corrected chi connectivity index (χ1v) is 6.24. The second-order valence-electron chi connectivity index (χ2n) is 4.63. The molecule has 0 radical (unpaired) electrons. The van der Waals surface area contributed by atoms with E-state index in [0.717, 1.165) is 5.56 Å². The third-order valence-electron chi connectivity index (χ3n) is 3.32. The van der Waals surface area contributed by atoms with E-state index in [0.29, 0.717) is 18.4 Å². The van der Waals surface area contributed by atoms with Gasteiger partial charge < -0.3 is 10.8 Å². The molecule has 3 nitrogen and oxygen atoms in total. The van der Waals surface area contributed by atoms with Crippen molar-refractivity contribution in [1.82, 2.24) is 0 Å². The van der Waals surface area contributed by atoms with Crippen molar-refractivity contribution in [2.24, 2.45) is 5.73 Å². The standard InChI is InChI=1S/C16H17NO2/c17-16(15(18)19,14-9-5-2-6-10-14)12-11-13-7-3-1-4-8-13/h1-10H,11-12,17H2,(H,18,19)/t16-/m0/s1. The first kappa shape index (κ1) is 13.3. The first-order chi connectivity index (χ1) is 9.13. The lowest BCUT2D eigenvalue weighted by atomic mass is 9.85. The number of hydrogen-bond acceptors (Lipinski definition) is 2. The number of aryl methyl sites for hydroxylation is 1. The highest BCUT2D eigenvalue weighted by Crippen LogP contribution is 2.24. The van der Waals surface area contributed by atoms with Crippen molar-refractivity contribution in [2.75, 3.05) is 0 Å². The average molecular weight is 255 g/mol. The van der Waals surface area contributed by atoms with E-state index in [2.05, 4.69) is 0 Å². The molecule has 0 bridgehead atoms. The minimum Gasteiger partial charge on any atom is -0.480 e. The predicted octanol–water partition coefficient (Wildman–Crippen LogP) is 2.56. The van der Waals surface area contributed by atoms with Gasteiger partial charge in [-0.1, -0.05) is 60.7 Å².